The van der Waals surface area contributed by atoms with E-state index in [1.807, 2.05) is 68.4 Å². The van der Waals surface area contributed by atoms with Gasteiger partial charge in [0.1, 0.15) is 18.3 Å². The average molecular weight is 673 g/mol. The van der Waals surface area contributed by atoms with E-state index >= 15 is 0 Å². The van der Waals surface area contributed by atoms with Crippen LogP contribution in [0.3, 0.4) is 0 Å². The maximum Gasteiger partial charge on any atom is 0.273 e. The number of aryl methyl sites for hydroxylation is 2. The molecule has 2 amide bonds. The number of carbonyl (C=O) groups is 2. The van der Waals surface area contributed by atoms with Crippen molar-refractivity contribution in [3.05, 3.63) is 129 Å². The summed E-state index contributed by atoms with van der Waals surface area (Å²) in [5.41, 5.74) is 2.60. The molecule has 0 heterocycles. The third-order valence-electron chi connectivity index (χ3n) is 7.86. The standard InChI is InChI=1S/C36H40N4O7S/c1-5-20-37-36(42)34(22-28-11-7-6-8-12-28)38(24-29-13-9-10-26(2)21-29)35(41)25-39(30-15-17-31(47-4)18-16-30)48(45,46)32-19-14-27(3)33(23-32)40(43)44/h6-19,21,23,34H,5,20,22,24-25H2,1-4H3,(H,37,42)/t34-/m0/s1. The molecule has 0 aliphatic carbocycles. The Morgan fingerprint density at radius 2 is 1.60 bits per heavy atom. The summed E-state index contributed by atoms with van der Waals surface area (Å²) in [5.74, 6) is -0.537. The fourth-order valence-corrected chi connectivity index (χ4v) is 6.71. The van der Waals surface area contributed by atoms with Gasteiger partial charge in [0.05, 0.1) is 22.6 Å². The van der Waals surface area contributed by atoms with E-state index in [-0.39, 0.29) is 40.7 Å². The van der Waals surface area contributed by atoms with Crippen molar-refractivity contribution >= 4 is 33.2 Å². The molecule has 0 bridgehead atoms. The number of benzene rings is 4. The number of nitrogens with zero attached hydrogens (tertiary/aromatic N) is 3. The highest BCUT2D eigenvalue weighted by Crippen LogP contribution is 2.30. The molecule has 4 aromatic rings. The van der Waals surface area contributed by atoms with E-state index in [2.05, 4.69) is 5.32 Å². The minimum Gasteiger partial charge on any atom is -0.497 e. The second-order valence-corrected chi connectivity index (χ2v) is 13.3. The molecule has 0 unspecified atom stereocenters. The van der Waals surface area contributed by atoms with Gasteiger partial charge in [-0.3, -0.25) is 24.0 Å². The number of rotatable bonds is 15. The number of nitrogens with one attached hydrogen (secondary N) is 1. The molecule has 1 atom stereocenters. The predicted molar refractivity (Wildman–Crippen MR) is 184 cm³/mol. The van der Waals surface area contributed by atoms with Crippen LogP contribution in [0, 0.1) is 24.0 Å². The quantitative estimate of drug-likeness (QED) is 0.128. The van der Waals surface area contributed by atoms with E-state index in [4.69, 9.17) is 4.74 Å². The summed E-state index contributed by atoms with van der Waals surface area (Å²) in [5, 5.41) is 14.6. The van der Waals surface area contributed by atoms with Gasteiger partial charge in [-0.1, -0.05) is 73.2 Å². The van der Waals surface area contributed by atoms with Gasteiger partial charge in [-0.15, -0.1) is 0 Å². The molecule has 0 spiro atoms. The largest absolute Gasteiger partial charge is 0.497 e. The van der Waals surface area contributed by atoms with Crippen LogP contribution < -0.4 is 14.4 Å². The molecule has 1 N–H and O–H groups in total. The molecule has 252 valence electrons. The van der Waals surface area contributed by atoms with E-state index in [1.54, 1.807) is 12.1 Å². The number of anilines is 1. The Labute approximate surface area is 281 Å². The molecule has 11 nitrogen and oxygen atoms in total. The highest BCUT2D eigenvalue weighted by atomic mass is 32.2. The molecule has 0 aliphatic rings. The minimum atomic E-state index is -4.53. The van der Waals surface area contributed by atoms with Crippen LogP contribution in [0.1, 0.15) is 35.6 Å². The van der Waals surface area contributed by atoms with Crippen LogP contribution in [0.15, 0.2) is 102 Å². The number of nitro groups is 1. The fourth-order valence-electron chi connectivity index (χ4n) is 5.28. The van der Waals surface area contributed by atoms with Gasteiger partial charge in [-0.2, -0.15) is 0 Å². The van der Waals surface area contributed by atoms with E-state index < -0.39 is 33.4 Å². The predicted octanol–water partition coefficient (Wildman–Crippen LogP) is 5.58. The molecule has 4 aromatic carbocycles. The van der Waals surface area contributed by atoms with Crippen LogP contribution in [0.2, 0.25) is 0 Å². The van der Waals surface area contributed by atoms with Crippen molar-refractivity contribution < 1.29 is 27.7 Å². The maximum absolute atomic E-state index is 14.6. The molecule has 0 saturated carbocycles. The van der Waals surface area contributed by atoms with Crippen LogP contribution in [0.5, 0.6) is 5.75 Å². The van der Waals surface area contributed by atoms with Gasteiger partial charge >= 0.3 is 0 Å². The molecule has 48 heavy (non-hydrogen) atoms. The zero-order valence-electron chi connectivity index (χ0n) is 27.5. The van der Waals surface area contributed by atoms with Crippen molar-refractivity contribution in [2.75, 3.05) is 24.5 Å². The zero-order chi connectivity index (χ0) is 34.8. The van der Waals surface area contributed by atoms with Gasteiger partial charge in [0, 0.05) is 31.1 Å². The van der Waals surface area contributed by atoms with Crippen molar-refractivity contribution in [2.24, 2.45) is 0 Å². The van der Waals surface area contributed by atoms with Crippen molar-refractivity contribution in [2.45, 2.75) is 51.1 Å². The number of hydrogen-bond acceptors (Lipinski definition) is 7. The Kier molecular flexibility index (Phi) is 11.9. The normalized spacial score (nSPS) is 11.8. The van der Waals surface area contributed by atoms with E-state index in [0.29, 0.717) is 18.7 Å². The van der Waals surface area contributed by atoms with Crippen LogP contribution in [0.25, 0.3) is 0 Å². The Morgan fingerprint density at radius 1 is 0.917 bits per heavy atom. The lowest BCUT2D eigenvalue weighted by molar-refractivity contribution is -0.385. The summed E-state index contributed by atoms with van der Waals surface area (Å²) in [6.45, 7) is 5.10. The number of sulfonamides is 1. The number of nitro benzene ring substituents is 1. The number of methoxy groups -OCH3 is 1. The molecule has 0 saturated heterocycles. The van der Waals surface area contributed by atoms with Gasteiger partial charge in [-0.25, -0.2) is 8.42 Å². The zero-order valence-corrected chi connectivity index (χ0v) is 28.3. The summed E-state index contributed by atoms with van der Waals surface area (Å²) in [7, 11) is -3.06. The van der Waals surface area contributed by atoms with E-state index in [1.165, 1.54) is 43.2 Å². The second-order valence-electron chi connectivity index (χ2n) is 11.4. The average Bonchev–Trinajstić information content (AvgIpc) is 3.08. The van der Waals surface area contributed by atoms with Crippen molar-refractivity contribution in [3.8, 4) is 5.75 Å². The molecular weight excluding hydrogens is 632 g/mol. The van der Waals surface area contributed by atoms with Gasteiger partial charge in [0.15, 0.2) is 0 Å². The summed E-state index contributed by atoms with van der Waals surface area (Å²) >= 11 is 0. The van der Waals surface area contributed by atoms with Gasteiger partial charge in [-0.05, 0) is 61.7 Å². The number of amides is 2. The number of ether oxygens (including phenoxy) is 1. The molecular formula is C36H40N4O7S. The molecule has 0 aliphatic heterocycles. The van der Waals surface area contributed by atoms with Crippen LogP contribution in [-0.4, -0.2) is 56.3 Å². The SMILES string of the molecule is CCCNC(=O)[C@H](Cc1ccccc1)N(Cc1cccc(C)c1)C(=O)CN(c1ccc(OC)cc1)S(=O)(=O)c1ccc(C)c([N+](=O)[O-])c1. The summed E-state index contributed by atoms with van der Waals surface area (Å²) < 4.78 is 34.8. The summed E-state index contributed by atoms with van der Waals surface area (Å²) in [6, 6.07) is 25.6. The molecule has 0 fully saturated rings. The Hall–Kier alpha value is -5.23. The molecule has 0 aromatic heterocycles. The Bertz CT molecular complexity index is 1850. The Balaban J connectivity index is 1.84. The Morgan fingerprint density at radius 3 is 2.23 bits per heavy atom. The highest BCUT2D eigenvalue weighted by molar-refractivity contribution is 7.92. The fraction of sp³-hybridized carbons (Fsp3) is 0.278. The first-order valence-corrected chi connectivity index (χ1v) is 17.0. The lowest BCUT2D eigenvalue weighted by Crippen LogP contribution is -2.53. The number of carbonyl (C=O) groups excluding carboxylic acids is 2. The monoisotopic (exact) mass is 672 g/mol. The van der Waals surface area contributed by atoms with Crippen molar-refractivity contribution in [1.82, 2.24) is 10.2 Å². The first-order valence-electron chi connectivity index (χ1n) is 15.5. The first-order chi connectivity index (χ1) is 22.9. The third kappa shape index (κ3) is 8.77. The number of hydrogen-bond donors (Lipinski definition) is 1. The lowest BCUT2D eigenvalue weighted by Gasteiger charge is -2.34. The van der Waals surface area contributed by atoms with Gasteiger partial charge in [0.2, 0.25) is 11.8 Å². The molecule has 4 rings (SSSR count). The molecule has 12 heteroatoms. The van der Waals surface area contributed by atoms with Crippen molar-refractivity contribution in [3.63, 3.8) is 0 Å². The van der Waals surface area contributed by atoms with Crippen LogP contribution >= 0.6 is 0 Å². The van der Waals surface area contributed by atoms with Gasteiger partial charge < -0.3 is 15.0 Å². The highest BCUT2D eigenvalue weighted by Gasteiger charge is 2.35. The smallest absolute Gasteiger partial charge is 0.273 e. The minimum absolute atomic E-state index is 0.0318. The summed E-state index contributed by atoms with van der Waals surface area (Å²) in [6.07, 6.45) is 0.870. The van der Waals surface area contributed by atoms with Crippen LogP contribution in [-0.2, 0) is 32.6 Å². The van der Waals surface area contributed by atoms with E-state index in [9.17, 15) is 28.1 Å². The van der Waals surface area contributed by atoms with Gasteiger partial charge in [0.25, 0.3) is 15.7 Å². The maximum atomic E-state index is 14.6. The first kappa shape index (κ1) is 35.6. The second kappa shape index (κ2) is 16.1. The lowest BCUT2D eigenvalue weighted by atomic mass is 10.0. The third-order valence-corrected chi connectivity index (χ3v) is 9.63. The topological polar surface area (TPSA) is 139 Å². The van der Waals surface area contributed by atoms with Crippen molar-refractivity contribution in [1.29, 1.82) is 0 Å². The van der Waals surface area contributed by atoms with Crippen LogP contribution in [0.4, 0.5) is 11.4 Å². The molecule has 0 radical (unpaired) electrons. The van der Waals surface area contributed by atoms with E-state index in [0.717, 1.165) is 27.1 Å². The summed E-state index contributed by atoms with van der Waals surface area (Å²) in [4.78, 5) is 40.5.